The zero-order valence-corrected chi connectivity index (χ0v) is 10.8. The zero-order chi connectivity index (χ0) is 13.2. The molecule has 8 heteroatoms. The Balaban J connectivity index is 2.08. The van der Waals surface area contributed by atoms with Crippen LogP contribution in [0.5, 0.6) is 0 Å². The highest BCUT2D eigenvalue weighted by molar-refractivity contribution is 7.13. The molecule has 0 saturated carbocycles. The Kier molecular flexibility index (Phi) is 3.02. The molecule has 0 aliphatic rings. The SMILES string of the molecule is COCn1ncnc1C(=O)c1cccc2nnsc12. The van der Waals surface area contributed by atoms with Crippen LogP contribution in [0.15, 0.2) is 24.5 Å². The molecule has 0 radical (unpaired) electrons. The molecule has 3 aromatic rings. The molecule has 2 heterocycles. The molecule has 0 saturated heterocycles. The number of ketones is 1. The van der Waals surface area contributed by atoms with Gasteiger partial charge in [0.25, 0.3) is 0 Å². The average molecular weight is 275 g/mol. The number of carbonyl (C=O) groups excluding carboxylic acids is 1. The van der Waals surface area contributed by atoms with Crippen LogP contribution in [0.4, 0.5) is 0 Å². The predicted molar refractivity (Wildman–Crippen MR) is 67.9 cm³/mol. The summed E-state index contributed by atoms with van der Waals surface area (Å²) in [6.45, 7) is 0.179. The van der Waals surface area contributed by atoms with Crippen molar-refractivity contribution in [1.29, 1.82) is 0 Å². The van der Waals surface area contributed by atoms with Gasteiger partial charge in [-0.15, -0.1) is 5.10 Å². The number of benzene rings is 1. The Hall–Kier alpha value is -2.19. The van der Waals surface area contributed by atoms with E-state index in [1.54, 1.807) is 12.1 Å². The van der Waals surface area contributed by atoms with E-state index in [9.17, 15) is 4.79 Å². The molecule has 0 aliphatic heterocycles. The van der Waals surface area contributed by atoms with E-state index >= 15 is 0 Å². The smallest absolute Gasteiger partial charge is 0.231 e. The van der Waals surface area contributed by atoms with Crippen LogP contribution in [0.2, 0.25) is 0 Å². The monoisotopic (exact) mass is 275 g/mol. The lowest BCUT2D eigenvalue weighted by molar-refractivity contribution is 0.0961. The first-order valence-corrected chi connectivity index (χ1v) is 6.21. The third-order valence-electron chi connectivity index (χ3n) is 2.59. The lowest BCUT2D eigenvalue weighted by Crippen LogP contribution is -2.13. The second kappa shape index (κ2) is 4.82. The fourth-order valence-electron chi connectivity index (χ4n) is 1.76. The summed E-state index contributed by atoms with van der Waals surface area (Å²) in [4.78, 5) is 16.5. The molecule has 19 heavy (non-hydrogen) atoms. The molecule has 2 aromatic heterocycles. The van der Waals surface area contributed by atoms with Gasteiger partial charge >= 0.3 is 0 Å². The Bertz CT molecular complexity index is 735. The van der Waals surface area contributed by atoms with E-state index in [0.29, 0.717) is 11.1 Å². The Labute approximate surface area is 112 Å². The van der Waals surface area contributed by atoms with Crippen LogP contribution < -0.4 is 0 Å². The maximum atomic E-state index is 12.5. The molecule has 0 spiro atoms. The molecule has 7 nitrogen and oxygen atoms in total. The number of nitrogens with zero attached hydrogens (tertiary/aromatic N) is 5. The number of aromatic nitrogens is 5. The van der Waals surface area contributed by atoms with E-state index in [0.717, 1.165) is 4.70 Å². The number of rotatable bonds is 4. The molecule has 0 N–H and O–H groups in total. The number of carbonyl (C=O) groups is 1. The molecule has 0 atom stereocenters. The Morgan fingerprint density at radius 1 is 1.47 bits per heavy atom. The van der Waals surface area contributed by atoms with Gasteiger partial charge in [0, 0.05) is 12.7 Å². The number of methoxy groups -OCH3 is 1. The normalized spacial score (nSPS) is 11.0. The van der Waals surface area contributed by atoms with Crippen LogP contribution in [0.1, 0.15) is 16.2 Å². The maximum absolute atomic E-state index is 12.5. The van der Waals surface area contributed by atoms with Crippen molar-refractivity contribution < 1.29 is 9.53 Å². The van der Waals surface area contributed by atoms with Crippen molar-refractivity contribution >= 4 is 27.5 Å². The molecule has 0 aliphatic carbocycles. The summed E-state index contributed by atoms with van der Waals surface area (Å²) in [6.07, 6.45) is 1.33. The lowest BCUT2D eigenvalue weighted by atomic mass is 10.1. The molecule has 0 amide bonds. The topological polar surface area (TPSA) is 82.8 Å². The van der Waals surface area contributed by atoms with Gasteiger partial charge in [0.2, 0.25) is 11.6 Å². The summed E-state index contributed by atoms with van der Waals surface area (Å²) in [5.41, 5.74) is 1.23. The highest BCUT2D eigenvalue weighted by Crippen LogP contribution is 2.22. The lowest BCUT2D eigenvalue weighted by Gasteiger charge is -2.04. The van der Waals surface area contributed by atoms with Crippen LogP contribution in [0, 0.1) is 0 Å². The number of ether oxygens (including phenoxy) is 1. The molecule has 3 rings (SSSR count). The molecular formula is C11H9N5O2S. The van der Waals surface area contributed by atoms with Crippen LogP contribution in [-0.2, 0) is 11.5 Å². The van der Waals surface area contributed by atoms with Crippen LogP contribution in [-0.4, -0.2) is 37.2 Å². The van der Waals surface area contributed by atoms with Gasteiger partial charge in [-0.1, -0.05) is 10.6 Å². The predicted octanol–water partition coefficient (Wildman–Crippen LogP) is 1.12. The highest BCUT2D eigenvalue weighted by Gasteiger charge is 2.19. The van der Waals surface area contributed by atoms with Gasteiger partial charge in [-0.2, -0.15) is 5.10 Å². The number of hydrogen-bond acceptors (Lipinski definition) is 7. The molecule has 96 valence electrons. The molecule has 1 aromatic carbocycles. The maximum Gasteiger partial charge on any atom is 0.231 e. The van der Waals surface area contributed by atoms with Crippen LogP contribution in [0.25, 0.3) is 10.2 Å². The third kappa shape index (κ3) is 2.00. The van der Waals surface area contributed by atoms with Gasteiger partial charge in [-0.05, 0) is 23.7 Å². The number of hydrogen-bond donors (Lipinski definition) is 0. The van der Waals surface area contributed by atoms with Crippen molar-refractivity contribution in [3.05, 3.63) is 35.9 Å². The Morgan fingerprint density at radius 2 is 2.37 bits per heavy atom. The fourth-order valence-corrected chi connectivity index (χ4v) is 2.43. The second-order valence-electron chi connectivity index (χ2n) is 3.76. The molecule has 0 fully saturated rings. The minimum absolute atomic E-state index is 0.179. The average Bonchev–Trinajstić information content (AvgIpc) is 3.06. The van der Waals surface area contributed by atoms with E-state index in [1.807, 2.05) is 6.07 Å². The van der Waals surface area contributed by atoms with Crippen molar-refractivity contribution in [3.63, 3.8) is 0 Å². The second-order valence-corrected chi connectivity index (χ2v) is 4.51. The highest BCUT2D eigenvalue weighted by atomic mass is 32.1. The summed E-state index contributed by atoms with van der Waals surface area (Å²) in [6, 6.07) is 5.32. The molecule has 0 bridgehead atoms. The van der Waals surface area contributed by atoms with E-state index < -0.39 is 0 Å². The van der Waals surface area contributed by atoms with E-state index in [-0.39, 0.29) is 18.3 Å². The first-order chi connectivity index (χ1) is 9.31. The largest absolute Gasteiger partial charge is 0.362 e. The van der Waals surface area contributed by atoms with E-state index in [1.165, 1.54) is 29.7 Å². The summed E-state index contributed by atoms with van der Waals surface area (Å²) in [5.74, 6) is 0.0222. The van der Waals surface area contributed by atoms with Crippen LogP contribution in [0.3, 0.4) is 0 Å². The van der Waals surface area contributed by atoms with E-state index in [4.69, 9.17) is 4.74 Å². The van der Waals surface area contributed by atoms with Crippen LogP contribution >= 0.6 is 11.5 Å². The summed E-state index contributed by atoms with van der Waals surface area (Å²) in [5, 5.41) is 7.90. The number of fused-ring (bicyclic) bond motifs is 1. The standard InChI is InChI=1S/C11H9N5O2S/c1-18-6-16-11(12-5-13-16)9(17)7-3-2-4-8-10(7)19-15-14-8/h2-5H,6H2,1H3. The minimum atomic E-state index is -0.216. The Morgan fingerprint density at radius 3 is 3.21 bits per heavy atom. The third-order valence-corrected chi connectivity index (χ3v) is 3.36. The minimum Gasteiger partial charge on any atom is -0.362 e. The van der Waals surface area contributed by atoms with Gasteiger partial charge in [0.1, 0.15) is 18.6 Å². The summed E-state index contributed by atoms with van der Waals surface area (Å²) >= 11 is 1.19. The molecular weight excluding hydrogens is 266 g/mol. The zero-order valence-electron chi connectivity index (χ0n) is 9.98. The van der Waals surface area contributed by atoms with Gasteiger partial charge in [0.15, 0.2) is 0 Å². The van der Waals surface area contributed by atoms with E-state index in [2.05, 4.69) is 19.7 Å². The van der Waals surface area contributed by atoms with Crippen molar-refractivity contribution in [2.24, 2.45) is 0 Å². The fraction of sp³-hybridized carbons (Fsp3) is 0.182. The van der Waals surface area contributed by atoms with Gasteiger partial charge in [-0.25, -0.2) is 9.67 Å². The van der Waals surface area contributed by atoms with Crippen molar-refractivity contribution in [2.45, 2.75) is 6.73 Å². The summed E-state index contributed by atoms with van der Waals surface area (Å²) < 4.78 is 11.0. The quantitative estimate of drug-likeness (QED) is 0.663. The summed E-state index contributed by atoms with van der Waals surface area (Å²) in [7, 11) is 1.53. The van der Waals surface area contributed by atoms with Gasteiger partial charge in [0.05, 0.1) is 4.70 Å². The van der Waals surface area contributed by atoms with Crippen molar-refractivity contribution in [2.75, 3.05) is 7.11 Å². The molecule has 0 unspecified atom stereocenters. The van der Waals surface area contributed by atoms with Gasteiger partial charge < -0.3 is 4.74 Å². The van der Waals surface area contributed by atoms with Gasteiger partial charge in [-0.3, -0.25) is 4.79 Å². The van der Waals surface area contributed by atoms with Crippen molar-refractivity contribution in [3.8, 4) is 0 Å². The van der Waals surface area contributed by atoms with Crippen molar-refractivity contribution in [1.82, 2.24) is 24.4 Å². The first kappa shape index (κ1) is 11.9. The first-order valence-electron chi connectivity index (χ1n) is 5.44.